The van der Waals surface area contributed by atoms with Crippen molar-refractivity contribution in [2.24, 2.45) is 17.8 Å². The molecule has 0 bridgehead atoms. The minimum absolute atomic E-state index is 0.117. The molecule has 1 aromatic heterocycles. The van der Waals surface area contributed by atoms with E-state index in [0.717, 1.165) is 80.8 Å². The topological polar surface area (TPSA) is 66.2 Å². The number of nitrogens with zero attached hydrogens (tertiary/aromatic N) is 3. The lowest BCUT2D eigenvalue weighted by Gasteiger charge is -2.34. The van der Waals surface area contributed by atoms with E-state index >= 15 is 0 Å². The van der Waals surface area contributed by atoms with Crippen molar-refractivity contribution in [3.63, 3.8) is 0 Å². The summed E-state index contributed by atoms with van der Waals surface area (Å²) >= 11 is 0. The molecule has 1 amide bonds. The molecule has 2 N–H and O–H groups in total. The highest BCUT2D eigenvalue weighted by Gasteiger charge is 2.29. The Hall–Kier alpha value is -2.02. The fraction of sp³-hybridized carbons (Fsp3) is 0.643. The summed E-state index contributed by atoms with van der Waals surface area (Å²) in [5, 5.41) is 1.97. The predicted molar refractivity (Wildman–Crippen MR) is 135 cm³/mol. The average Bonchev–Trinajstić information content (AvgIpc) is 3.16. The number of rotatable bonds is 8. The van der Waals surface area contributed by atoms with Crippen molar-refractivity contribution in [3.05, 3.63) is 41.3 Å². The molecule has 2 aromatic rings. The number of primary amides is 1. The third-order valence-electron chi connectivity index (χ3n) is 7.52. The van der Waals surface area contributed by atoms with Crippen LogP contribution in [0.3, 0.4) is 0 Å². The molecule has 0 radical (unpaired) electrons. The number of piperidine rings is 2. The van der Waals surface area contributed by atoms with Crippen LogP contribution in [-0.2, 0) is 11.3 Å². The first-order chi connectivity index (χ1) is 16.4. The first-order valence-corrected chi connectivity index (χ1v) is 13.2. The smallest absolute Gasteiger partial charge is 0.314 e. The molecular weight excluding hydrogens is 424 g/mol. The van der Waals surface area contributed by atoms with Gasteiger partial charge in [-0.25, -0.2) is 9.78 Å². The van der Waals surface area contributed by atoms with Crippen LogP contribution < -0.4 is 5.32 Å². The molecule has 2 saturated heterocycles. The van der Waals surface area contributed by atoms with Crippen LogP contribution in [0.15, 0.2) is 28.7 Å². The summed E-state index contributed by atoms with van der Waals surface area (Å²) in [4.78, 5) is 22.7. The third kappa shape index (κ3) is 6.55. The minimum atomic E-state index is 0.117. The molecule has 3 heterocycles. The molecule has 186 valence electrons. The lowest BCUT2D eigenvalue weighted by Crippen LogP contribution is -2.90. The largest absolute Gasteiger partial charge is 0.441 e. The Morgan fingerprint density at radius 2 is 1.88 bits per heavy atom. The molecule has 2 aliphatic heterocycles. The number of carbonyl (C=O) groups excluding carboxylic acids is 1. The lowest BCUT2D eigenvalue weighted by molar-refractivity contribution is -0.572. The number of quaternary nitrogens is 1. The molecule has 4 rings (SSSR count). The first kappa shape index (κ1) is 25.1. The van der Waals surface area contributed by atoms with Gasteiger partial charge in [-0.1, -0.05) is 32.0 Å². The molecule has 6 nitrogen and oxygen atoms in total. The quantitative estimate of drug-likeness (QED) is 0.601. The summed E-state index contributed by atoms with van der Waals surface area (Å²) in [5.74, 6) is 3.61. The van der Waals surface area contributed by atoms with Crippen molar-refractivity contribution < 1.29 is 14.5 Å². The Balaban J connectivity index is 1.24. The maximum absolute atomic E-state index is 12.9. The molecule has 0 spiro atoms. The Labute approximate surface area is 205 Å². The molecule has 0 aliphatic carbocycles. The summed E-state index contributed by atoms with van der Waals surface area (Å²) in [5.41, 5.74) is 3.20. The lowest BCUT2D eigenvalue weighted by atomic mass is 9.92. The van der Waals surface area contributed by atoms with Crippen LogP contribution in [0.2, 0.25) is 0 Å². The van der Waals surface area contributed by atoms with Crippen molar-refractivity contribution in [1.82, 2.24) is 14.8 Å². The van der Waals surface area contributed by atoms with Gasteiger partial charge in [0.15, 0.2) is 0 Å². The number of oxazole rings is 1. The fourth-order valence-corrected chi connectivity index (χ4v) is 5.85. The van der Waals surface area contributed by atoms with Gasteiger partial charge in [-0.15, -0.1) is 0 Å². The van der Waals surface area contributed by atoms with Crippen molar-refractivity contribution >= 4 is 5.91 Å². The van der Waals surface area contributed by atoms with E-state index in [9.17, 15) is 4.79 Å². The zero-order valence-electron chi connectivity index (χ0n) is 21.6. The maximum atomic E-state index is 12.9. The van der Waals surface area contributed by atoms with Crippen molar-refractivity contribution in [2.45, 2.75) is 59.9 Å². The zero-order valence-corrected chi connectivity index (χ0v) is 21.6. The van der Waals surface area contributed by atoms with Crippen molar-refractivity contribution in [1.29, 1.82) is 0 Å². The van der Waals surface area contributed by atoms with Gasteiger partial charge in [-0.05, 0) is 63.1 Å². The Morgan fingerprint density at radius 3 is 2.65 bits per heavy atom. The molecule has 34 heavy (non-hydrogen) atoms. The number of hydrogen-bond donors (Lipinski definition) is 1. The number of likely N-dealkylation sites (tertiary alicyclic amines) is 2. The van der Waals surface area contributed by atoms with E-state index in [1.54, 1.807) is 0 Å². The summed E-state index contributed by atoms with van der Waals surface area (Å²) in [6.45, 7) is 15.8. The molecule has 1 aromatic carbocycles. The molecule has 0 saturated carbocycles. The molecule has 3 unspecified atom stereocenters. The Kier molecular flexibility index (Phi) is 8.56. The van der Waals surface area contributed by atoms with Crippen LogP contribution in [0, 0.1) is 31.6 Å². The van der Waals surface area contributed by atoms with E-state index in [1.165, 1.54) is 25.1 Å². The van der Waals surface area contributed by atoms with E-state index in [0.29, 0.717) is 11.8 Å². The summed E-state index contributed by atoms with van der Waals surface area (Å²) in [6.07, 6.45) is 4.50. The van der Waals surface area contributed by atoms with E-state index in [1.807, 2.05) is 24.4 Å². The molecular formula is C28H43N4O2+. The van der Waals surface area contributed by atoms with Crippen LogP contribution in [-0.4, -0.2) is 60.0 Å². The number of hydrogen-bond acceptors (Lipinski definition) is 5. The van der Waals surface area contributed by atoms with Crippen LogP contribution >= 0.6 is 0 Å². The van der Waals surface area contributed by atoms with E-state index < -0.39 is 0 Å². The standard InChI is InChI=1S/C28H42N4O2/c1-20-15-21(2)17-31(16-20)14-8-12-29-27(33)24-10-7-13-32(18-24)19-26-23(4)34-28(30-26)25-11-6-5-9-22(25)3/h5-6,9,11,20-21,24H,7-8,10,12-19H2,1-4H3,(H,29,33)/p+1. The predicted octanol–water partition coefficient (Wildman–Crippen LogP) is 3.63. The second-order valence-corrected chi connectivity index (χ2v) is 10.9. The number of benzene rings is 1. The van der Waals surface area contributed by atoms with Crippen LogP contribution in [0.4, 0.5) is 0 Å². The average molecular weight is 468 g/mol. The SMILES string of the molecule is Cc1ccccc1-c1nc(CN2CCCC(C(=O)[NH2+]CCCN3CC(C)CC(C)C3)C2)c(C)o1. The summed E-state index contributed by atoms with van der Waals surface area (Å²) in [6, 6.07) is 8.19. The number of aryl methyl sites for hydroxylation is 2. The van der Waals surface area contributed by atoms with Gasteiger partial charge in [0.1, 0.15) is 5.76 Å². The second-order valence-electron chi connectivity index (χ2n) is 10.9. The number of aromatic nitrogens is 1. The van der Waals surface area contributed by atoms with Gasteiger partial charge in [-0.2, -0.15) is 0 Å². The van der Waals surface area contributed by atoms with E-state index in [-0.39, 0.29) is 5.92 Å². The molecule has 6 heteroatoms. The zero-order chi connectivity index (χ0) is 24.1. The summed E-state index contributed by atoms with van der Waals surface area (Å²) in [7, 11) is 0. The molecule has 2 fully saturated rings. The Morgan fingerprint density at radius 1 is 1.12 bits per heavy atom. The van der Waals surface area contributed by atoms with E-state index in [4.69, 9.17) is 9.40 Å². The second kappa shape index (κ2) is 11.6. The number of amides is 1. The van der Waals surface area contributed by atoms with Gasteiger partial charge in [0.2, 0.25) is 5.89 Å². The fourth-order valence-electron chi connectivity index (χ4n) is 5.85. The van der Waals surface area contributed by atoms with Crippen molar-refractivity contribution in [3.8, 4) is 11.5 Å². The van der Waals surface area contributed by atoms with Gasteiger partial charge in [-0.3, -0.25) is 10.2 Å². The maximum Gasteiger partial charge on any atom is 0.314 e. The van der Waals surface area contributed by atoms with Crippen LogP contribution in [0.1, 0.15) is 56.5 Å². The highest BCUT2D eigenvalue weighted by Crippen LogP contribution is 2.26. The van der Waals surface area contributed by atoms with Crippen molar-refractivity contribution in [2.75, 3.05) is 39.3 Å². The normalized spacial score (nSPS) is 24.4. The van der Waals surface area contributed by atoms with Crippen LogP contribution in [0.25, 0.3) is 11.5 Å². The highest BCUT2D eigenvalue weighted by atomic mass is 16.4. The molecule has 3 atom stereocenters. The van der Waals surface area contributed by atoms with Gasteiger partial charge >= 0.3 is 5.91 Å². The highest BCUT2D eigenvalue weighted by molar-refractivity contribution is 5.69. The van der Waals surface area contributed by atoms with Gasteiger partial charge in [0, 0.05) is 44.7 Å². The molecule has 2 aliphatic rings. The van der Waals surface area contributed by atoms with Gasteiger partial charge < -0.3 is 9.32 Å². The van der Waals surface area contributed by atoms with E-state index in [2.05, 4.69) is 42.7 Å². The van der Waals surface area contributed by atoms with Crippen LogP contribution in [0.5, 0.6) is 0 Å². The summed E-state index contributed by atoms with van der Waals surface area (Å²) < 4.78 is 6.01. The third-order valence-corrected chi connectivity index (χ3v) is 7.52. The van der Waals surface area contributed by atoms with Gasteiger partial charge in [0.25, 0.3) is 0 Å². The minimum Gasteiger partial charge on any atom is -0.441 e. The number of nitrogens with two attached hydrogens (primary N) is 1. The Bertz CT molecular complexity index is 946. The first-order valence-electron chi connectivity index (χ1n) is 13.2. The number of carbonyl (C=O) groups is 1. The monoisotopic (exact) mass is 467 g/mol. The van der Waals surface area contributed by atoms with Gasteiger partial charge in [0.05, 0.1) is 18.2 Å².